The monoisotopic (exact) mass is 298 g/mol. The molecule has 0 spiro atoms. The highest BCUT2D eigenvalue weighted by atomic mass is 32.1. The minimum Gasteiger partial charge on any atom is -0.495 e. The minimum absolute atomic E-state index is 0.166. The molecule has 0 radical (unpaired) electrons. The van der Waals surface area contributed by atoms with Gasteiger partial charge in [0.1, 0.15) is 5.75 Å². The standard InChI is InChI=1S/C17H18N2OS/c1-11-4-5-16(20-3)15(8-11)19-12(2)13-9-17-14(18-10-13)6-7-21-17/h4-10,12,19H,1-3H3. The first-order valence-corrected chi connectivity index (χ1v) is 7.79. The van der Waals surface area contributed by atoms with Gasteiger partial charge >= 0.3 is 0 Å². The first-order valence-electron chi connectivity index (χ1n) is 6.91. The Labute approximate surface area is 128 Å². The lowest BCUT2D eigenvalue weighted by molar-refractivity contribution is 0.416. The Kier molecular flexibility index (Phi) is 3.80. The average Bonchev–Trinajstić information content (AvgIpc) is 2.94. The van der Waals surface area contributed by atoms with Crippen LogP contribution in [0, 0.1) is 6.92 Å². The number of rotatable bonds is 4. The number of thiophene rings is 1. The van der Waals surface area contributed by atoms with Gasteiger partial charge in [-0.2, -0.15) is 0 Å². The number of pyridine rings is 1. The van der Waals surface area contributed by atoms with Crippen LogP contribution in [-0.2, 0) is 0 Å². The van der Waals surface area contributed by atoms with Crippen molar-refractivity contribution in [2.45, 2.75) is 19.9 Å². The van der Waals surface area contributed by atoms with Gasteiger partial charge in [0.05, 0.1) is 29.1 Å². The molecule has 0 aliphatic carbocycles. The van der Waals surface area contributed by atoms with Gasteiger partial charge in [0.25, 0.3) is 0 Å². The molecule has 1 atom stereocenters. The van der Waals surface area contributed by atoms with Gasteiger partial charge in [-0.15, -0.1) is 11.3 Å². The number of aromatic nitrogens is 1. The zero-order valence-corrected chi connectivity index (χ0v) is 13.2. The molecule has 0 aliphatic rings. The van der Waals surface area contributed by atoms with Gasteiger partial charge in [0.15, 0.2) is 0 Å². The molecule has 3 nitrogen and oxygen atoms in total. The van der Waals surface area contributed by atoms with Crippen molar-refractivity contribution in [3.05, 3.63) is 53.0 Å². The summed E-state index contributed by atoms with van der Waals surface area (Å²) in [6.07, 6.45) is 1.94. The highest BCUT2D eigenvalue weighted by molar-refractivity contribution is 7.17. The summed E-state index contributed by atoms with van der Waals surface area (Å²) in [5, 5.41) is 5.59. The van der Waals surface area contributed by atoms with Crippen molar-refractivity contribution in [3.8, 4) is 5.75 Å². The Hall–Kier alpha value is -2.07. The topological polar surface area (TPSA) is 34.1 Å². The molecule has 3 aromatic rings. The fraction of sp³-hybridized carbons (Fsp3) is 0.235. The van der Waals surface area contributed by atoms with Gasteiger partial charge in [-0.3, -0.25) is 4.98 Å². The summed E-state index contributed by atoms with van der Waals surface area (Å²) in [6, 6.07) is 10.6. The predicted octanol–water partition coefficient (Wildman–Crippen LogP) is 4.79. The number of anilines is 1. The van der Waals surface area contributed by atoms with E-state index in [0.717, 1.165) is 17.0 Å². The molecule has 4 heteroatoms. The van der Waals surface area contributed by atoms with Crippen LogP contribution in [-0.4, -0.2) is 12.1 Å². The van der Waals surface area contributed by atoms with E-state index < -0.39 is 0 Å². The van der Waals surface area contributed by atoms with Crippen molar-refractivity contribution >= 4 is 27.2 Å². The van der Waals surface area contributed by atoms with Gasteiger partial charge in [-0.1, -0.05) is 6.07 Å². The Bertz CT molecular complexity index is 766. The van der Waals surface area contributed by atoms with Crippen molar-refractivity contribution in [1.29, 1.82) is 0 Å². The first kappa shape index (κ1) is 13.9. The van der Waals surface area contributed by atoms with E-state index in [-0.39, 0.29) is 6.04 Å². The van der Waals surface area contributed by atoms with E-state index in [2.05, 4.69) is 41.7 Å². The van der Waals surface area contributed by atoms with E-state index >= 15 is 0 Å². The van der Waals surface area contributed by atoms with Crippen LogP contribution in [0.15, 0.2) is 41.9 Å². The molecule has 0 amide bonds. The average molecular weight is 298 g/mol. The molecule has 0 bridgehead atoms. The van der Waals surface area contributed by atoms with E-state index in [1.807, 2.05) is 24.4 Å². The quantitative estimate of drug-likeness (QED) is 0.752. The molecule has 0 fully saturated rings. The maximum Gasteiger partial charge on any atom is 0.141 e. The Morgan fingerprint density at radius 3 is 2.90 bits per heavy atom. The van der Waals surface area contributed by atoms with E-state index in [1.54, 1.807) is 18.4 Å². The maximum atomic E-state index is 5.42. The lowest BCUT2D eigenvalue weighted by atomic mass is 10.1. The molecule has 108 valence electrons. The van der Waals surface area contributed by atoms with Gasteiger partial charge in [0.2, 0.25) is 0 Å². The van der Waals surface area contributed by atoms with Gasteiger partial charge in [-0.05, 0) is 54.6 Å². The minimum atomic E-state index is 0.166. The molecular weight excluding hydrogens is 280 g/mol. The third-order valence-corrected chi connectivity index (χ3v) is 4.40. The Morgan fingerprint density at radius 2 is 2.10 bits per heavy atom. The van der Waals surface area contributed by atoms with Crippen LogP contribution in [0.25, 0.3) is 10.2 Å². The summed E-state index contributed by atoms with van der Waals surface area (Å²) >= 11 is 1.72. The predicted molar refractivity (Wildman–Crippen MR) is 89.4 cm³/mol. The second-order valence-corrected chi connectivity index (χ2v) is 6.09. The molecule has 21 heavy (non-hydrogen) atoms. The fourth-order valence-electron chi connectivity index (χ4n) is 2.35. The van der Waals surface area contributed by atoms with Crippen molar-refractivity contribution in [2.24, 2.45) is 0 Å². The largest absolute Gasteiger partial charge is 0.495 e. The SMILES string of the molecule is COc1ccc(C)cc1NC(C)c1cnc2ccsc2c1. The Balaban J connectivity index is 1.88. The van der Waals surface area contributed by atoms with Crippen molar-refractivity contribution < 1.29 is 4.74 Å². The molecule has 2 heterocycles. The maximum absolute atomic E-state index is 5.42. The normalized spacial score (nSPS) is 12.3. The lowest BCUT2D eigenvalue weighted by Crippen LogP contribution is -2.08. The molecular formula is C17H18N2OS. The van der Waals surface area contributed by atoms with Crippen molar-refractivity contribution in [3.63, 3.8) is 0 Å². The van der Waals surface area contributed by atoms with Crippen LogP contribution in [0.2, 0.25) is 0 Å². The molecule has 3 rings (SSSR count). The zero-order valence-electron chi connectivity index (χ0n) is 12.4. The number of methoxy groups -OCH3 is 1. The van der Waals surface area contributed by atoms with Crippen molar-refractivity contribution in [2.75, 3.05) is 12.4 Å². The zero-order chi connectivity index (χ0) is 14.8. The number of nitrogens with one attached hydrogen (secondary N) is 1. The summed E-state index contributed by atoms with van der Waals surface area (Å²) < 4.78 is 6.64. The molecule has 0 aliphatic heterocycles. The number of hydrogen-bond donors (Lipinski definition) is 1. The van der Waals surface area contributed by atoms with Gasteiger partial charge < -0.3 is 10.1 Å². The van der Waals surface area contributed by atoms with Crippen LogP contribution in [0.3, 0.4) is 0 Å². The van der Waals surface area contributed by atoms with Crippen LogP contribution < -0.4 is 10.1 Å². The van der Waals surface area contributed by atoms with Crippen LogP contribution in [0.4, 0.5) is 5.69 Å². The van der Waals surface area contributed by atoms with Gasteiger partial charge in [0, 0.05) is 6.20 Å². The van der Waals surface area contributed by atoms with E-state index in [9.17, 15) is 0 Å². The number of hydrogen-bond acceptors (Lipinski definition) is 4. The third-order valence-electron chi connectivity index (χ3n) is 3.55. The summed E-state index contributed by atoms with van der Waals surface area (Å²) in [6.45, 7) is 4.22. The summed E-state index contributed by atoms with van der Waals surface area (Å²) in [4.78, 5) is 4.50. The van der Waals surface area contributed by atoms with Crippen molar-refractivity contribution in [1.82, 2.24) is 4.98 Å². The number of nitrogens with zero attached hydrogens (tertiary/aromatic N) is 1. The number of ether oxygens (including phenoxy) is 1. The second kappa shape index (κ2) is 5.74. The summed E-state index contributed by atoms with van der Waals surface area (Å²) in [7, 11) is 1.69. The van der Waals surface area contributed by atoms with Crippen LogP contribution >= 0.6 is 11.3 Å². The first-order chi connectivity index (χ1) is 10.2. The molecule has 1 N–H and O–H groups in total. The number of fused-ring (bicyclic) bond motifs is 1. The van der Waals surface area contributed by atoms with Gasteiger partial charge in [-0.25, -0.2) is 0 Å². The molecule has 0 saturated carbocycles. The third kappa shape index (κ3) is 2.85. The highest BCUT2D eigenvalue weighted by Crippen LogP contribution is 2.30. The molecule has 0 saturated heterocycles. The van der Waals surface area contributed by atoms with Crippen LogP contribution in [0.1, 0.15) is 24.1 Å². The Morgan fingerprint density at radius 1 is 1.24 bits per heavy atom. The molecule has 2 aromatic heterocycles. The van der Waals surface area contributed by atoms with E-state index in [1.165, 1.54) is 15.8 Å². The number of benzene rings is 1. The molecule has 1 unspecified atom stereocenters. The highest BCUT2D eigenvalue weighted by Gasteiger charge is 2.10. The second-order valence-electron chi connectivity index (χ2n) is 5.14. The molecule has 1 aromatic carbocycles. The van der Waals surface area contributed by atoms with E-state index in [4.69, 9.17) is 4.74 Å². The smallest absolute Gasteiger partial charge is 0.141 e. The fourth-order valence-corrected chi connectivity index (χ4v) is 3.14. The summed E-state index contributed by atoms with van der Waals surface area (Å²) in [5.74, 6) is 0.859. The van der Waals surface area contributed by atoms with E-state index in [0.29, 0.717) is 0 Å². The summed E-state index contributed by atoms with van der Waals surface area (Å²) in [5.41, 5.74) is 4.45. The number of aryl methyl sites for hydroxylation is 1. The lowest BCUT2D eigenvalue weighted by Gasteiger charge is -2.18. The van der Waals surface area contributed by atoms with Crippen LogP contribution in [0.5, 0.6) is 5.75 Å².